The van der Waals surface area contributed by atoms with Crippen molar-refractivity contribution in [3.63, 3.8) is 0 Å². The quantitative estimate of drug-likeness (QED) is 0.748. The molecule has 0 amide bonds. The second kappa shape index (κ2) is 5.06. The maximum Gasteiger partial charge on any atom is 0.0504 e. The predicted molar refractivity (Wildman–Crippen MR) is 68.5 cm³/mol. The first-order valence-electron chi connectivity index (χ1n) is 4.38. The van der Waals surface area contributed by atoms with Gasteiger partial charge in [-0.2, -0.15) is 0 Å². The minimum atomic E-state index is 0. The first-order valence-corrected chi connectivity index (χ1v) is 4.75. The zero-order valence-corrected chi connectivity index (χ0v) is 9.55. The number of nitrogen functional groups attached to an aromatic ring is 1. The van der Waals surface area contributed by atoms with Crippen molar-refractivity contribution in [3.8, 4) is 11.1 Å². The van der Waals surface area contributed by atoms with Gasteiger partial charge in [-0.05, 0) is 17.7 Å². The van der Waals surface area contributed by atoms with Crippen molar-refractivity contribution in [2.75, 3.05) is 5.73 Å². The van der Waals surface area contributed by atoms with Crippen molar-refractivity contribution in [2.24, 2.45) is 0 Å². The molecule has 0 bridgehead atoms. The molecule has 0 aliphatic heterocycles. The molecule has 0 aliphatic carbocycles. The van der Waals surface area contributed by atoms with Gasteiger partial charge < -0.3 is 5.73 Å². The number of anilines is 1. The fourth-order valence-electron chi connectivity index (χ4n) is 1.38. The van der Waals surface area contributed by atoms with Gasteiger partial charge in [0.1, 0.15) is 0 Å². The smallest absolute Gasteiger partial charge is 0.0504 e. The normalized spacial score (nSPS) is 9.40. The molecule has 2 rings (SSSR count). The lowest BCUT2D eigenvalue weighted by Crippen LogP contribution is -1.85. The summed E-state index contributed by atoms with van der Waals surface area (Å²) >= 11 is 6.08. The van der Waals surface area contributed by atoms with Gasteiger partial charge in [0.25, 0.3) is 0 Å². The third-order valence-corrected chi connectivity index (χ3v) is 2.39. The van der Waals surface area contributed by atoms with Crippen LogP contribution in [-0.4, -0.2) is 0 Å². The van der Waals surface area contributed by atoms with Crippen LogP contribution in [0.5, 0.6) is 0 Å². The molecule has 0 saturated heterocycles. The SMILES string of the molecule is Cl.Nc1ccc(-c2ccccc2)c(Cl)c1. The Hall–Kier alpha value is -1.18. The largest absolute Gasteiger partial charge is 0.399 e. The standard InChI is InChI=1S/C12H10ClN.ClH/c13-12-8-10(14)6-7-11(12)9-4-2-1-3-5-9;/h1-8H,14H2;1H. The average Bonchev–Trinajstić information content (AvgIpc) is 2.19. The number of nitrogens with two attached hydrogens (primary N) is 1. The van der Waals surface area contributed by atoms with E-state index in [0.29, 0.717) is 10.7 Å². The van der Waals surface area contributed by atoms with Gasteiger partial charge in [-0.25, -0.2) is 0 Å². The lowest BCUT2D eigenvalue weighted by atomic mass is 10.1. The van der Waals surface area contributed by atoms with E-state index in [-0.39, 0.29) is 12.4 Å². The van der Waals surface area contributed by atoms with Gasteiger partial charge in [0.15, 0.2) is 0 Å². The van der Waals surface area contributed by atoms with Crippen molar-refractivity contribution in [1.82, 2.24) is 0 Å². The zero-order valence-electron chi connectivity index (χ0n) is 7.98. The molecule has 0 heterocycles. The Labute approximate surface area is 100 Å². The van der Waals surface area contributed by atoms with Gasteiger partial charge in [0.05, 0.1) is 5.02 Å². The zero-order chi connectivity index (χ0) is 9.97. The third-order valence-electron chi connectivity index (χ3n) is 2.08. The highest BCUT2D eigenvalue weighted by atomic mass is 35.5. The van der Waals surface area contributed by atoms with Crippen LogP contribution in [0.2, 0.25) is 5.02 Å². The summed E-state index contributed by atoms with van der Waals surface area (Å²) in [6.45, 7) is 0. The van der Waals surface area contributed by atoms with Gasteiger partial charge in [-0.3, -0.25) is 0 Å². The second-order valence-electron chi connectivity index (χ2n) is 3.11. The molecule has 0 spiro atoms. The molecule has 0 saturated carbocycles. The summed E-state index contributed by atoms with van der Waals surface area (Å²) in [6, 6.07) is 15.6. The van der Waals surface area contributed by atoms with Gasteiger partial charge in [-0.15, -0.1) is 12.4 Å². The van der Waals surface area contributed by atoms with Crippen molar-refractivity contribution < 1.29 is 0 Å². The topological polar surface area (TPSA) is 26.0 Å². The van der Waals surface area contributed by atoms with E-state index in [4.69, 9.17) is 17.3 Å². The summed E-state index contributed by atoms with van der Waals surface area (Å²) < 4.78 is 0. The van der Waals surface area contributed by atoms with Gasteiger partial charge >= 0.3 is 0 Å². The van der Waals surface area contributed by atoms with E-state index in [2.05, 4.69) is 0 Å². The molecule has 0 radical (unpaired) electrons. The molecule has 2 aromatic rings. The Morgan fingerprint density at radius 2 is 1.60 bits per heavy atom. The van der Waals surface area contributed by atoms with E-state index in [1.54, 1.807) is 6.07 Å². The lowest BCUT2D eigenvalue weighted by Gasteiger charge is -2.04. The maximum atomic E-state index is 6.08. The highest BCUT2D eigenvalue weighted by Gasteiger charge is 2.02. The molecule has 0 atom stereocenters. The molecule has 0 aliphatic rings. The van der Waals surface area contributed by atoms with Crippen molar-refractivity contribution in [1.29, 1.82) is 0 Å². The van der Waals surface area contributed by atoms with E-state index in [9.17, 15) is 0 Å². The number of halogens is 2. The molecular weight excluding hydrogens is 229 g/mol. The summed E-state index contributed by atoms with van der Waals surface area (Å²) in [6.07, 6.45) is 0. The molecule has 2 aromatic carbocycles. The molecule has 0 aromatic heterocycles. The molecule has 78 valence electrons. The highest BCUT2D eigenvalue weighted by molar-refractivity contribution is 6.33. The molecule has 0 fully saturated rings. The third kappa shape index (κ3) is 2.65. The maximum absolute atomic E-state index is 6.08. The van der Waals surface area contributed by atoms with Crippen LogP contribution in [0.15, 0.2) is 48.5 Å². The minimum absolute atomic E-state index is 0. The van der Waals surface area contributed by atoms with E-state index < -0.39 is 0 Å². The Morgan fingerprint density at radius 3 is 2.20 bits per heavy atom. The van der Waals surface area contributed by atoms with Gasteiger partial charge in [-0.1, -0.05) is 48.0 Å². The van der Waals surface area contributed by atoms with Crippen molar-refractivity contribution in [2.45, 2.75) is 0 Å². The van der Waals surface area contributed by atoms with Gasteiger partial charge in [0.2, 0.25) is 0 Å². The predicted octanol–water partition coefficient (Wildman–Crippen LogP) is 4.01. The van der Waals surface area contributed by atoms with E-state index >= 15 is 0 Å². The number of hydrogen-bond acceptors (Lipinski definition) is 1. The Bertz CT molecular complexity index is 441. The van der Waals surface area contributed by atoms with Crippen LogP contribution in [0.1, 0.15) is 0 Å². The average molecular weight is 240 g/mol. The number of benzene rings is 2. The first-order chi connectivity index (χ1) is 6.77. The van der Waals surface area contributed by atoms with Crippen LogP contribution in [0.25, 0.3) is 11.1 Å². The van der Waals surface area contributed by atoms with Crippen LogP contribution >= 0.6 is 24.0 Å². The van der Waals surface area contributed by atoms with Crippen molar-refractivity contribution >= 4 is 29.7 Å². The van der Waals surface area contributed by atoms with E-state index in [0.717, 1.165) is 11.1 Å². The molecule has 15 heavy (non-hydrogen) atoms. The Balaban J connectivity index is 0.00000112. The molecule has 1 nitrogen and oxygen atoms in total. The summed E-state index contributed by atoms with van der Waals surface area (Å²) in [5, 5.41) is 0.691. The lowest BCUT2D eigenvalue weighted by molar-refractivity contribution is 1.61. The second-order valence-corrected chi connectivity index (χ2v) is 3.51. The van der Waals surface area contributed by atoms with Crippen LogP contribution in [0.4, 0.5) is 5.69 Å². The summed E-state index contributed by atoms with van der Waals surface area (Å²) in [7, 11) is 0. The summed E-state index contributed by atoms with van der Waals surface area (Å²) in [5.74, 6) is 0. The van der Waals surface area contributed by atoms with Crippen LogP contribution in [0.3, 0.4) is 0 Å². The molecule has 0 unspecified atom stereocenters. The van der Waals surface area contributed by atoms with E-state index in [1.807, 2.05) is 42.5 Å². The summed E-state index contributed by atoms with van der Waals surface area (Å²) in [5.41, 5.74) is 8.43. The van der Waals surface area contributed by atoms with Crippen LogP contribution < -0.4 is 5.73 Å². The molecular formula is C12H11Cl2N. The molecule has 2 N–H and O–H groups in total. The number of hydrogen-bond donors (Lipinski definition) is 1. The monoisotopic (exact) mass is 239 g/mol. The first kappa shape index (κ1) is 11.9. The summed E-state index contributed by atoms with van der Waals surface area (Å²) in [4.78, 5) is 0. The van der Waals surface area contributed by atoms with Gasteiger partial charge in [0, 0.05) is 11.3 Å². The fraction of sp³-hybridized carbons (Fsp3) is 0. The minimum Gasteiger partial charge on any atom is -0.399 e. The molecule has 3 heteroatoms. The van der Waals surface area contributed by atoms with Crippen LogP contribution in [0, 0.1) is 0 Å². The van der Waals surface area contributed by atoms with E-state index in [1.165, 1.54) is 0 Å². The fourth-order valence-corrected chi connectivity index (χ4v) is 1.68. The van der Waals surface area contributed by atoms with Crippen LogP contribution in [-0.2, 0) is 0 Å². The Kier molecular flexibility index (Phi) is 4.01. The number of rotatable bonds is 1. The highest BCUT2D eigenvalue weighted by Crippen LogP contribution is 2.28. The Morgan fingerprint density at radius 1 is 0.933 bits per heavy atom. The van der Waals surface area contributed by atoms with Crippen molar-refractivity contribution in [3.05, 3.63) is 53.6 Å².